The third kappa shape index (κ3) is 3.94. The summed E-state index contributed by atoms with van der Waals surface area (Å²) in [4.78, 5) is 26.4. The Balaban J connectivity index is 1.97. The van der Waals surface area contributed by atoms with Crippen molar-refractivity contribution in [1.82, 2.24) is 0 Å². The van der Waals surface area contributed by atoms with E-state index < -0.39 is 5.91 Å². The maximum Gasteiger partial charge on any atom is 0.270 e. The van der Waals surface area contributed by atoms with Gasteiger partial charge in [-0.3, -0.25) is 14.5 Å². The van der Waals surface area contributed by atoms with Crippen molar-refractivity contribution in [2.24, 2.45) is 5.73 Å². The predicted molar refractivity (Wildman–Crippen MR) is 113 cm³/mol. The molecule has 0 bridgehead atoms. The van der Waals surface area contributed by atoms with Gasteiger partial charge in [-0.2, -0.15) is 0 Å². The second-order valence-electron chi connectivity index (χ2n) is 5.54. The molecule has 0 unspecified atom stereocenters. The Bertz CT molecular complexity index is 969. The van der Waals surface area contributed by atoms with Crippen molar-refractivity contribution in [2.45, 2.75) is 0 Å². The summed E-state index contributed by atoms with van der Waals surface area (Å²) in [5.74, 6) is -0.288. The van der Waals surface area contributed by atoms with Gasteiger partial charge in [0.15, 0.2) is 4.32 Å². The van der Waals surface area contributed by atoms with Crippen LogP contribution in [-0.4, -0.2) is 22.7 Å². The van der Waals surface area contributed by atoms with Gasteiger partial charge in [-0.15, -0.1) is 0 Å². The summed E-state index contributed by atoms with van der Waals surface area (Å²) in [7, 11) is 0. The standard InChI is InChI=1S/C20H16N2O3S2/c1-2-11-25-16-10-6-3-7-13(16)12-17-19(24)22(20(26)27-17)15-9-5-4-8-14(15)18(21)23/h2-10,12H,1,11H2,(H2,21,23)/b17-12-. The highest BCUT2D eigenvalue weighted by Crippen LogP contribution is 2.38. The molecule has 7 heteroatoms. The molecule has 1 saturated heterocycles. The van der Waals surface area contributed by atoms with Crippen molar-refractivity contribution in [3.8, 4) is 5.75 Å². The number of benzene rings is 2. The number of amides is 2. The molecule has 1 aliphatic rings. The van der Waals surface area contributed by atoms with Crippen molar-refractivity contribution in [1.29, 1.82) is 0 Å². The Hall–Kier alpha value is -2.90. The van der Waals surface area contributed by atoms with Gasteiger partial charge >= 0.3 is 0 Å². The second kappa shape index (κ2) is 8.20. The van der Waals surface area contributed by atoms with Crippen molar-refractivity contribution < 1.29 is 14.3 Å². The van der Waals surface area contributed by atoms with Gasteiger partial charge in [0.25, 0.3) is 11.8 Å². The number of nitrogens with zero attached hydrogens (tertiary/aromatic N) is 1. The number of hydrogen-bond acceptors (Lipinski definition) is 5. The first-order valence-corrected chi connectivity index (χ1v) is 9.25. The number of hydrogen-bond donors (Lipinski definition) is 1. The third-order valence-electron chi connectivity index (χ3n) is 3.77. The van der Waals surface area contributed by atoms with Crippen LogP contribution in [0.4, 0.5) is 5.69 Å². The SMILES string of the molecule is C=CCOc1ccccc1/C=C1\SC(=S)N(c2ccccc2C(N)=O)C1=O. The van der Waals surface area contributed by atoms with Gasteiger partial charge in [0.05, 0.1) is 16.2 Å². The first-order chi connectivity index (χ1) is 13.0. The van der Waals surface area contributed by atoms with E-state index in [9.17, 15) is 9.59 Å². The van der Waals surface area contributed by atoms with E-state index in [2.05, 4.69) is 6.58 Å². The monoisotopic (exact) mass is 396 g/mol. The maximum absolute atomic E-state index is 13.0. The highest BCUT2D eigenvalue weighted by atomic mass is 32.2. The van der Waals surface area contributed by atoms with Crippen LogP contribution in [0.1, 0.15) is 15.9 Å². The topological polar surface area (TPSA) is 72.6 Å². The fourth-order valence-corrected chi connectivity index (χ4v) is 3.85. The van der Waals surface area contributed by atoms with Crippen molar-refractivity contribution >= 4 is 51.9 Å². The molecule has 2 amide bonds. The number of anilines is 1. The first-order valence-electron chi connectivity index (χ1n) is 8.02. The minimum atomic E-state index is -0.619. The van der Waals surface area contributed by atoms with E-state index in [1.165, 1.54) is 16.7 Å². The van der Waals surface area contributed by atoms with E-state index in [4.69, 9.17) is 22.7 Å². The number of thioether (sulfide) groups is 1. The molecule has 3 rings (SSSR count). The number of rotatable bonds is 6. The van der Waals surface area contributed by atoms with E-state index in [0.29, 0.717) is 27.3 Å². The zero-order valence-electron chi connectivity index (χ0n) is 14.3. The maximum atomic E-state index is 13.0. The summed E-state index contributed by atoms with van der Waals surface area (Å²) < 4.78 is 5.97. The summed E-state index contributed by atoms with van der Waals surface area (Å²) in [5, 5.41) is 0. The summed E-state index contributed by atoms with van der Waals surface area (Å²) in [6.07, 6.45) is 3.38. The Kier molecular flexibility index (Phi) is 5.73. The summed E-state index contributed by atoms with van der Waals surface area (Å²) in [6, 6.07) is 14.0. The van der Waals surface area contributed by atoms with E-state index in [1.54, 1.807) is 36.4 Å². The molecule has 0 atom stereocenters. The first kappa shape index (κ1) is 18.9. The minimum absolute atomic E-state index is 0.241. The lowest BCUT2D eigenvalue weighted by atomic mass is 10.1. The molecule has 5 nitrogen and oxygen atoms in total. The van der Waals surface area contributed by atoms with Crippen LogP contribution in [-0.2, 0) is 4.79 Å². The quantitative estimate of drug-likeness (QED) is 0.457. The van der Waals surface area contributed by atoms with Crippen LogP contribution in [0.2, 0.25) is 0 Å². The highest BCUT2D eigenvalue weighted by Gasteiger charge is 2.35. The molecule has 1 fully saturated rings. The third-order valence-corrected chi connectivity index (χ3v) is 5.07. The highest BCUT2D eigenvalue weighted by molar-refractivity contribution is 8.27. The Morgan fingerprint density at radius 2 is 1.93 bits per heavy atom. The molecule has 136 valence electrons. The Morgan fingerprint density at radius 1 is 1.22 bits per heavy atom. The van der Waals surface area contributed by atoms with Gasteiger partial charge in [-0.25, -0.2) is 0 Å². The average molecular weight is 396 g/mol. The number of primary amides is 1. The Morgan fingerprint density at radius 3 is 2.67 bits per heavy atom. The fraction of sp³-hybridized carbons (Fsp3) is 0.0500. The molecule has 2 aromatic rings. The second-order valence-corrected chi connectivity index (χ2v) is 7.21. The van der Waals surface area contributed by atoms with Gasteiger partial charge in [-0.1, -0.05) is 67.0 Å². The molecule has 0 spiro atoms. The van der Waals surface area contributed by atoms with Crippen LogP contribution < -0.4 is 15.4 Å². The molecule has 0 radical (unpaired) electrons. The normalized spacial score (nSPS) is 15.3. The lowest BCUT2D eigenvalue weighted by Gasteiger charge is -2.17. The number of carbonyl (C=O) groups excluding carboxylic acids is 2. The average Bonchev–Trinajstić information content (AvgIpc) is 2.94. The van der Waals surface area contributed by atoms with Crippen molar-refractivity contribution in [3.05, 3.63) is 77.2 Å². The molecule has 1 aliphatic heterocycles. The van der Waals surface area contributed by atoms with Crippen LogP contribution in [0.3, 0.4) is 0 Å². The number of para-hydroxylation sites is 2. The number of ether oxygens (including phenoxy) is 1. The van der Waals surface area contributed by atoms with Crippen LogP contribution in [0, 0.1) is 0 Å². The molecule has 27 heavy (non-hydrogen) atoms. The van der Waals surface area contributed by atoms with E-state index in [-0.39, 0.29) is 11.5 Å². The molecular weight excluding hydrogens is 380 g/mol. The van der Waals surface area contributed by atoms with Crippen molar-refractivity contribution in [3.63, 3.8) is 0 Å². The van der Waals surface area contributed by atoms with E-state index in [0.717, 1.165) is 5.56 Å². The molecule has 0 aliphatic carbocycles. The van der Waals surface area contributed by atoms with Crippen LogP contribution in [0.15, 0.2) is 66.1 Å². The van der Waals surface area contributed by atoms with Gasteiger partial charge in [0.1, 0.15) is 12.4 Å². The molecule has 2 N–H and O–H groups in total. The predicted octanol–water partition coefficient (Wildman–Crippen LogP) is 3.76. The summed E-state index contributed by atoms with van der Waals surface area (Å²) in [6.45, 7) is 4.00. The number of nitrogens with two attached hydrogens (primary N) is 1. The molecule has 1 heterocycles. The zero-order valence-corrected chi connectivity index (χ0v) is 15.9. The van der Waals surface area contributed by atoms with Gasteiger partial charge in [0.2, 0.25) is 0 Å². The van der Waals surface area contributed by atoms with E-state index in [1.807, 2.05) is 24.3 Å². The largest absolute Gasteiger partial charge is 0.489 e. The van der Waals surface area contributed by atoms with Crippen LogP contribution >= 0.6 is 24.0 Å². The minimum Gasteiger partial charge on any atom is -0.489 e. The van der Waals surface area contributed by atoms with Crippen molar-refractivity contribution in [2.75, 3.05) is 11.5 Å². The van der Waals surface area contributed by atoms with E-state index >= 15 is 0 Å². The summed E-state index contributed by atoms with van der Waals surface area (Å²) >= 11 is 6.54. The molecule has 0 aromatic heterocycles. The smallest absolute Gasteiger partial charge is 0.270 e. The number of carbonyl (C=O) groups is 2. The molecule has 0 saturated carbocycles. The zero-order chi connectivity index (χ0) is 19.4. The van der Waals surface area contributed by atoms with Gasteiger partial charge in [0, 0.05) is 5.56 Å². The van der Waals surface area contributed by atoms with Gasteiger partial charge < -0.3 is 10.5 Å². The van der Waals surface area contributed by atoms with Crippen LogP contribution in [0.5, 0.6) is 5.75 Å². The van der Waals surface area contributed by atoms with Crippen LogP contribution in [0.25, 0.3) is 6.08 Å². The fourth-order valence-electron chi connectivity index (χ4n) is 2.57. The number of thiocarbonyl (C=S) groups is 1. The van der Waals surface area contributed by atoms with Gasteiger partial charge in [-0.05, 0) is 24.3 Å². The summed E-state index contributed by atoms with van der Waals surface area (Å²) in [5.41, 5.74) is 6.81. The lowest BCUT2D eigenvalue weighted by molar-refractivity contribution is -0.113. The Labute approximate surface area is 166 Å². The lowest BCUT2D eigenvalue weighted by Crippen LogP contribution is -2.30. The molecular formula is C20H16N2O3S2. The molecule has 2 aromatic carbocycles.